The van der Waals surface area contributed by atoms with E-state index in [1.54, 1.807) is 12.1 Å². The van der Waals surface area contributed by atoms with Gasteiger partial charge in [0, 0.05) is 44.9 Å². The molecule has 0 atom stereocenters. The van der Waals surface area contributed by atoms with Gasteiger partial charge in [0.25, 0.3) is 0 Å². The Labute approximate surface area is 146 Å². The molecular weight excluding hydrogens is 329 g/mol. The summed E-state index contributed by atoms with van der Waals surface area (Å²) in [5.74, 6) is 0.450. The molecule has 0 radical (unpaired) electrons. The number of amides is 2. The molecule has 24 heavy (non-hydrogen) atoms. The van der Waals surface area contributed by atoms with Gasteiger partial charge in [0.05, 0.1) is 5.75 Å². The molecule has 0 bridgehead atoms. The van der Waals surface area contributed by atoms with E-state index in [1.165, 1.54) is 23.9 Å². The van der Waals surface area contributed by atoms with Crippen LogP contribution in [0.2, 0.25) is 0 Å². The van der Waals surface area contributed by atoms with E-state index in [9.17, 15) is 14.0 Å². The van der Waals surface area contributed by atoms with Crippen LogP contribution in [0, 0.1) is 5.82 Å². The van der Waals surface area contributed by atoms with Crippen LogP contribution in [0.3, 0.4) is 0 Å². The highest BCUT2D eigenvalue weighted by molar-refractivity contribution is 7.99. The predicted octanol–water partition coefficient (Wildman–Crippen LogP) is 1.47. The zero-order valence-electron chi connectivity index (χ0n) is 13.7. The number of hydrogen-bond acceptors (Lipinski definition) is 4. The molecule has 2 amide bonds. The molecule has 0 spiro atoms. The highest BCUT2D eigenvalue weighted by Gasteiger charge is 2.19. The predicted molar refractivity (Wildman–Crippen MR) is 94.0 cm³/mol. The first-order valence-corrected chi connectivity index (χ1v) is 9.30. The summed E-state index contributed by atoms with van der Waals surface area (Å²) in [7, 11) is 0. The van der Waals surface area contributed by atoms with Gasteiger partial charge < -0.3 is 10.6 Å². The number of nitrogens with two attached hydrogens (primary N) is 1. The standard InChI is InChI=1S/C17H24FN3O2S/c18-15-4-2-14(3-5-15)12-20-7-1-8-21(10-9-20)17(23)6-11-24-13-16(19)22/h2-5H,1,6-13H2,(H2,19,22). The lowest BCUT2D eigenvalue weighted by Crippen LogP contribution is -2.35. The van der Waals surface area contributed by atoms with Gasteiger partial charge >= 0.3 is 0 Å². The van der Waals surface area contributed by atoms with Crippen LogP contribution in [0.4, 0.5) is 4.39 Å². The molecule has 1 heterocycles. The van der Waals surface area contributed by atoms with Crippen LogP contribution in [0.25, 0.3) is 0 Å². The summed E-state index contributed by atoms with van der Waals surface area (Å²) in [6.45, 7) is 3.99. The lowest BCUT2D eigenvalue weighted by molar-refractivity contribution is -0.130. The zero-order valence-corrected chi connectivity index (χ0v) is 14.6. The van der Waals surface area contributed by atoms with E-state index >= 15 is 0 Å². The van der Waals surface area contributed by atoms with Crippen molar-refractivity contribution in [1.29, 1.82) is 0 Å². The molecule has 1 aromatic rings. The maximum atomic E-state index is 13.0. The summed E-state index contributed by atoms with van der Waals surface area (Å²) in [4.78, 5) is 27.1. The van der Waals surface area contributed by atoms with E-state index < -0.39 is 0 Å². The SMILES string of the molecule is NC(=O)CSCCC(=O)N1CCCN(Cc2ccc(F)cc2)CC1. The van der Waals surface area contributed by atoms with Gasteiger partial charge in [0.1, 0.15) is 5.82 Å². The van der Waals surface area contributed by atoms with Crippen LogP contribution in [-0.2, 0) is 16.1 Å². The summed E-state index contributed by atoms with van der Waals surface area (Å²) < 4.78 is 13.0. The number of carbonyl (C=O) groups excluding carboxylic acids is 2. The molecule has 132 valence electrons. The van der Waals surface area contributed by atoms with E-state index in [0.29, 0.717) is 18.7 Å². The Bertz CT molecular complexity index is 553. The van der Waals surface area contributed by atoms with Crippen molar-refractivity contribution in [3.8, 4) is 0 Å². The molecule has 2 rings (SSSR count). The zero-order chi connectivity index (χ0) is 17.4. The summed E-state index contributed by atoms with van der Waals surface area (Å²) in [5, 5.41) is 0. The van der Waals surface area contributed by atoms with Crippen molar-refractivity contribution in [2.45, 2.75) is 19.4 Å². The normalized spacial score (nSPS) is 16.0. The van der Waals surface area contributed by atoms with E-state index in [-0.39, 0.29) is 23.4 Å². The third-order valence-corrected chi connectivity index (χ3v) is 4.95. The summed E-state index contributed by atoms with van der Waals surface area (Å²) in [6.07, 6.45) is 1.37. The average molecular weight is 353 g/mol. The molecule has 1 aliphatic heterocycles. The fourth-order valence-electron chi connectivity index (χ4n) is 2.72. The van der Waals surface area contributed by atoms with Crippen LogP contribution in [0.15, 0.2) is 24.3 Å². The van der Waals surface area contributed by atoms with E-state index in [4.69, 9.17) is 5.73 Å². The summed E-state index contributed by atoms with van der Waals surface area (Å²) in [5.41, 5.74) is 6.16. The number of carbonyl (C=O) groups is 2. The molecule has 2 N–H and O–H groups in total. The van der Waals surface area contributed by atoms with Gasteiger partial charge in [-0.15, -0.1) is 0 Å². The number of primary amides is 1. The Hall–Kier alpha value is -1.60. The van der Waals surface area contributed by atoms with Crippen LogP contribution >= 0.6 is 11.8 Å². The number of halogens is 1. The highest BCUT2D eigenvalue weighted by Crippen LogP contribution is 2.11. The number of thioether (sulfide) groups is 1. The van der Waals surface area contributed by atoms with E-state index in [0.717, 1.165) is 38.2 Å². The van der Waals surface area contributed by atoms with Crippen molar-refractivity contribution >= 4 is 23.6 Å². The van der Waals surface area contributed by atoms with Gasteiger partial charge in [-0.25, -0.2) is 4.39 Å². The van der Waals surface area contributed by atoms with Crippen molar-refractivity contribution in [2.24, 2.45) is 5.73 Å². The van der Waals surface area contributed by atoms with Crippen LogP contribution in [0.5, 0.6) is 0 Å². The highest BCUT2D eigenvalue weighted by atomic mass is 32.2. The lowest BCUT2D eigenvalue weighted by atomic mass is 10.2. The first-order valence-electron chi connectivity index (χ1n) is 8.15. The Morgan fingerprint density at radius 2 is 1.88 bits per heavy atom. The molecule has 0 saturated carbocycles. The quantitative estimate of drug-likeness (QED) is 0.754. The molecule has 0 unspecified atom stereocenters. The molecule has 5 nitrogen and oxygen atoms in total. The molecule has 1 aromatic carbocycles. The van der Waals surface area contributed by atoms with Gasteiger partial charge in [0.15, 0.2) is 0 Å². The monoisotopic (exact) mass is 353 g/mol. The average Bonchev–Trinajstić information content (AvgIpc) is 2.79. The van der Waals surface area contributed by atoms with E-state index in [2.05, 4.69) is 4.90 Å². The van der Waals surface area contributed by atoms with Crippen molar-refractivity contribution < 1.29 is 14.0 Å². The largest absolute Gasteiger partial charge is 0.369 e. The van der Waals surface area contributed by atoms with Crippen molar-refractivity contribution in [1.82, 2.24) is 9.80 Å². The third-order valence-electron chi connectivity index (χ3n) is 3.97. The second-order valence-corrected chi connectivity index (χ2v) is 7.01. The smallest absolute Gasteiger partial charge is 0.227 e. The third kappa shape index (κ3) is 6.49. The van der Waals surface area contributed by atoms with Crippen LogP contribution in [0.1, 0.15) is 18.4 Å². The van der Waals surface area contributed by atoms with Gasteiger partial charge in [-0.1, -0.05) is 12.1 Å². The van der Waals surface area contributed by atoms with Gasteiger partial charge in [-0.3, -0.25) is 14.5 Å². The molecule has 0 aromatic heterocycles. The number of benzene rings is 1. The van der Waals surface area contributed by atoms with Crippen LogP contribution < -0.4 is 5.73 Å². The van der Waals surface area contributed by atoms with E-state index in [1.807, 2.05) is 4.90 Å². The first kappa shape index (κ1) is 18.7. The topological polar surface area (TPSA) is 66.6 Å². The Kier molecular flexibility index (Phi) is 7.52. The number of nitrogens with zero attached hydrogens (tertiary/aromatic N) is 2. The molecule has 1 fully saturated rings. The minimum atomic E-state index is -0.348. The molecule has 1 saturated heterocycles. The Morgan fingerprint density at radius 3 is 2.58 bits per heavy atom. The van der Waals surface area contributed by atoms with Gasteiger partial charge in [-0.2, -0.15) is 11.8 Å². The van der Waals surface area contributed by atoms with Crippen molar-refractivity contribution in [3.05, 3.63) is 35.6 Å². The second-order valence-electron chi connectivity index (χ2n) is 5.91. The molecule has 0 aliphatic carbocycles. The van der Waals surface area contributed by atoms with Crippen LogP contribution in [-0.4, -0.2) is 59.3 Å². The minimum Gasteiger partial charge on any atom is -0.369 e. The maximum absolute atomic E-state index is 13.0. The fourth-order valence-corrected chi connectivity index (χ4v) is 3.38. The number of rotatable bonds is 7. The Balaban J connectivity index is 1.74. The second kappa shape index (κ2) is 9.64. The van der Waals surface area contributed by atoms with Gasteiger partial charge in [-0.05, 0) is 24.1 Å². The first-order chi connectivity index (χ1) is 11.5. The number of hydrogen-bond donors (Lipinski definition) is 1. The fraction of sp³-hybridized carbons (Fsp3) is 0.529. The molecule has 1 aliphatic rings. The lowest BCUT2D eigenvalue weighted by Gasteiger charge is -2.22. The van der Waals surface area contributed by atoms with Crippen molar-refractivity contribution in [2.75, 3.05) is 37.7 Å². The summed E-state index contributed by atoms with van der Waals surface area (Å²) >= 11 is 1.40. The maximum Gasteiger partial charge on any atom is 0.227 e. The Morgan fingerprint density at radius 1 is 1.12 bits per heavy atom. The minimum absolute atomic E-state index is 0.135. The summed E-state index contributed by atoms with van der Waals surface area (Å²) in [6, 6.07) is 6.57. The van der Waals surface area contributed by atoms with Crippen molar-refractivity contribution in [3.63, 3.8) is 0 Å². The molecule has 7 heteroatoms. The van der Waals surface area contributed by atoms with Gasteiger partial charge in [0.2, 0.25) is 11.8 Å². The molecular formula is C17H24FN3O2S.